The number of rotatable bonds is 0. The van der Waals surface area contributed by atoms with Gasteiger partial charge in [0.1, 0.15) is 0 Å². The molecule has 88 valence electrons. The predicted molar refractivity (Wildman–Crippen MR) is 84.2 cm³/mol. The van der Waals surface area contributed by atoms with Gasteiger partial charge in [-0.3, -0.25) is 0 Å². The minimum absolute atomic E-state index is 1.27. The first-order chi connectivity index (χ1) is 8.75. The number of nitrogens with zero attached hydrogens (tertiary/aromatic N) is 1. The normalized spacial score (nSPS) is 15.7. The summed E-state index contributed by atoms with van der Waals surface area (Å²) in [6, 6.07) is 8.81. The highest BCUT2D eigenvalue weighted by molar-refractivity contribution is 14.1. The first-order valence-corrected chi connectivity index (χ1v) is 6.96. The van der Waals surface area contributed by atoms with Crippen molar-refractivity contribution in [3.63, 3.8) is 0 Å². The van der Waals surface area contributed by atoms with Crippen LogP contribution in [0.3, 0.4) is 0 Å². The molecule has 0 saturated carbocycles. The summed E-state index contributed by atoms with van der Waals surface area (Å²) >= 11 is 2.42. The van der Waals surface area contributed by atoms with Gasteiger partial charge in [-0.1, -0.05) is 24.3 Å². The van der Waals surface area contributed by atoms with Gasteiger partial charge in [-0.05, 0) is 38.2 Å². The standard InChI is InChI=1S/C15H11IN2/c1-18-8-11-3-2-9-6-17-7-10-4-5-12(15(18)16)14(11)13(9)10/h2-8,17H,1H3. The molecule has 0 aromatic heterocycles. The van der Waals surface area contributed by atoms with Gasteiger partial charge in [0.05, 0.1) is 3.70 Å². The van der Waals surface area contributed by atoms with Gasteiger partial charge < -0.3 is 10.2 Å². The summed E-state index contributed by atoms with van der Waals surface area (Å²) in [6.45, 7) is 0. The zero-order chi connectivity index (χ0) is 12.3. The lowest BCUT2D eigenvalue weighted by Crippen LogP contribution is -2.34. The molecule has 2 aromatic rings. The van der Waals surface area contributed by atoms with Crippen molar-refractivity contribution in [3.8, 4) is 0 Å². The van der Waals surface area contributed by atoms with Gasteiger partial charge in [0.15, 0.2) is 0 Å². The smallest absolute Gasteiger partial charge is 0.0875 e. The fourth-order valence-electron chi connectivity index (χ4n) is 2.77. The molecule has 2 heterocycles. The first kappa shape index (κ1) is 10.4. The van der Waals surface area contributed by atoms with E-state index in [9.17, 15) is 0 Å². The van der Waals surface area contributed by atoms with E-state index in [-0.39, 0.29) is 0 Å². The van der Waals surface area contributed by atoms with Crippen LogP contribution in [-0.4, -0.2) is 11.9 Å². The maximum atomic E-state index is 3.22. The fraction of sp³-hybridized carbons (Fsp3) is 0.0667. The van der Waals surface area contributed by atoms with Gasteiger partial charge in [-0.2, -0.15) is 0 Å². The number of benzene rings is 2. The molecule has 0 radical (unpaired) electrons. The van der Waals surface area contributed by atoms with Crippen molar-refractivity contribution in [1.29, 1.82) is 0 Å². The van der Waals surface area contributed by atoms with Crippen LogP contribution in [0.25, 0.3) is 33.1 Å². The molecule has 0 unspecified atom stereocenters. The highest BCUT2D eigenvalue weighted by atomic mass is 127. The van der Waals surface area contributed by atoms with Crippen molar-refractivity contribution >= 4 is 55.7 Å². The SMILES string of the molecule is CN1C=c2ccc3c4c(ccc(c24)=C1I)=CNC=3. The molecule has 0 amide bonds. The zero-order valence-corrected chi connectivity index (χ0v) is 12.0. The van der Waals surface area contributed by atoms with Crippen molar-refractivity contribution in [3.05, 3.63) is 45.1 Å². The van der Waals surface area contributed by atoms with E-state index in [0.29, 0.717) is 0 Å². The summed E-state index contributed by atoms with van der Waals surface area (Å²) in [5.74, 6) is 0. The first-order valence-electron chi connectivity index (χ1n) is 5.88. The third kappa shape index (κ3) is 1.22. The van der Waals surface area contributed by atoms with E-state index < -0.39 is 0 Å². The van der Waals surface area contributed by atoms with Gasteiger partial charge in [0, 0.05) is 41.6 Å². The third-order valence-electron chi connectivity index (χ3n) is 3.60. The molecule has 1 N–H and O–H groups in total. The van der Waals surface area contributed by atoms with E-state index in [1.165, 1.54) is 35.4 Å². The summed E-state index contributed by atoms with van der Waals surface area (Å²) in [5, 5.41) is 11.1. The fourth-order valence-corrected chi connectivity index (χ4v) is 3.36. The molecule has 0 aliphatic carbocycles. The third-order valence-corrected chi connectivity index (χ3v) is 4.94. The van der Waals surface area contributed by atoms with Crippen molar-refractivity contribution in [1.82, 2.24) is 10.2 Å². The maximum absolute atomic E-state index is 3.22. The number of halogens is 1. The van der Waals surface area contributed by atoms with Crippen LogP contribution in [0.1, 0.15) is 0 Å². The Balaban J connectivity index is 2.47. The molecule has 0 fully saturated rings. The summed E-state index contributed by atoms with van der Waals surface area (Å²) in [6.07, 6.45) is 6.35. The molecule has 3 heteroatoms. The van der Waals surface area contributed by atoms with E-state index in [2.05, 4.69) is 82.7 Å². The Bertz CT molecular complexity index is 908. The second-order valence-corrected chi connectivity index (χ2v) is 5.70. The lowest BCUT2D eigenvalue weighted by atomic mass is 10.0. The van der Waals surface area contributed by atoms with Gasteiger partial charge in [0.25, 0.3) is 0 Å². The minimum Gasteiger partial charge on any atom is -0.366 e. The van der Waals surface area contributed by atoms with Crippen molar-refractivity contribution < 1.29 is 0 Å². The van der Waals surface area contributed by atoms with E-state index in [0.717, 1.165) is 0 Å². The average Bonchev–Trinajstić information content (AvgIpc) is 2.40. The minimum atomic E-state index is 1.27. The average molecular weight is 346 g/mol. The molecular formula is C15H11IN2. The molecular weight excluding hydrogens is 335 g/mol. The molecule has 2 nitrogen and oxygen atoms in total. The van der Waals surface area contributed by atoms with Gasteiger partial charge >= 0.3 is 0 Å². The second-order valence-electron chi connectivity index (χ2n) is 4.68. The van der Waals surface area contributed by atoms with E-state index >= 15 is 0 Å². The highest BCUT2D eigenvalue weighted by Crippen LogP contribution is 2.15. The summed E-state index contributed by atoms with van der Waals surface area (Å²) in [4.78, 5) is 2.19. The largest absolute Gasteiger partial charge is 0.366 e. The van der Waals surface area contributed by atoms with Crippen LogP contribution < -0.4 is 26.2 Å². The monoisotopic (exact) mass is 346 g/mol. The number of nitrogens with one attached hydrogen (secondary N) is 1. The predicted octanol–water partition coefficient (Wildman–Crippen LogP) is 0.103. The molecule has 0 spiro atoms. The van der Waals surface area contributed by atoms with Gasteiger partial charge in [-0.15, -0.1) is 0 Å². The van der Waals surface area contributed by atoms with Crippen LogP contribution in [0.2, 0.25) is 0 Å². The quantitative estimate of drug-likeness (QED) is 0.538. The van der Waals surface area contributed by atoms with E-state index in [1.807, 2.05) is 0 Å². The van der Waals surface area contributed by atoms with Crippen molar-refractivity contribution in [2.24, 2.45) is 0 Å². The molecule has 2 aromatic carbocycles. The van der Waals surface area contributed by atoms with Crippen LogP contribution in [0.5, 0.6) is 0 Å². The maximum Gasteiger partial charge on any atom is 0.0875 e. The lowest BCUT2D eigenvalue weighted by molar-refractivity contribution is 0.730. The number of hydrogen-bond donors (Lipinski definition) is 1. The zero-order valence-electron chi connectivity index (χ0n) is 9.87. The molecule has 0 atom stereocenters. The van der Waals surface area contributed by atoms with Crippen LogP contribution in [-0.2, 0) is 0 Å². The Morgan fingerprint density at radius 2 is 1.61 bits per heavy atom. The Kier molecular flexibility index (Phi) is 2.03. The van der Waals surface area contributed by atoms with Gasteiger partial charge in [-0.25, -0.2) is 0 Å². The molecule has 0 bridgehead atoms. The number of hydrogen-bond acceptors (Lipinski definition) is 2. The lowest BCUT2D eigenvalue weighted by Gasteiger charge is -2.19. The van der Waals surface area contributed by atoms with Crippen LogP contribution in [0, 0.1) is 0 Å². The molecule has 0 saturated heterocycles. The summed E-state index contributed by atoms with van der Waals surface area (Å²) in [7, 11) is 2.10. The Morgan fingerprint density at radius 1 is 0.944 bits per heavy atom. The molecule has 2 aliphatic heterocycles. The highest BCUT2D eigenvalue weighted by Gasteiger charge is 2.11. The van der Waals surface area contributed by atoms with Gasteiger partial charge in [0.2, 0.25) is 0 Å². The van der Waals surface area contributed by atoms with E-state index in [1.54, 1.807) is 0 Å². The molecule has 2 aliphatic rings. The molecule has 18 heavy (non-hydrogen) atoms. The van der Waals surface area contributed by atoms with Crippen LogP contribution >= 0.6 is 22.6 Å². The Hall–Kier alpha value is -1.49. The topological polar surface area (TPSA) is 15.3 Å². The summed E-state index contributed by atoms with van der Waals surface area (Å²) in [5.41, 5.74) is 0. The molecule has 4 rings (SSSR count). The second kappa shape index (κ2) is 3.51. The van der Waals surface area contributed by atoms with Crippen LogP contribution in [0.15, 0.2) is 24.3 Å². The van der Waals surface area contributed by atoms with Crippen LogP contribution in [0.4, 0.5) is 0 Å². The Labute approximate surface area is 118 Å². The summed E-state index contributed by atoms with van der Waals surface area (Å²) < 4.78 is 1.28. The van der Waals surface area contributed by atoms with Crippen molar-refractivity contribution in [2.45, 2.75) is 0 Å². The van der Waals surface area contributed by atoms with Crippen molar-refractivity contribution in [2.75, 3.05) is 7.05 Å². The Morgan fingerprint density at radius 3 is 2.39 bits per heavy atom. The van der Waals surface area contributed by atoms with E-state index in [4.69, 9.17) is 0 Å².